The van der Waals surface area contributed by atoms with Gasteiger partial charge in [-0.25, -0.2) is 4.98 Å². The van der Waals surface area contributed by atoms with Crippen molar-refractivity contribution in [3.8, 4) is 11.4 Å². The molecule has 0 atom stereocenters. The van der Waals surface area contributed by atoms with E-state index in [2.05, 4.69) is 11.6 Å². The van der Waals surface area contributed by atoms with E-state index in [1.54, 1.807) is 54.3 Å². The Hall–Kier alpha value is -3.94. The number of hydrogen-bond donors (Lipinski definition) is 1. The van der Waals surface area contributed by atoms with Crippen LogP contribution in [0.1, 0.15) is 35.9 Å². The van der Waals surface area contributed by atoms with Gasteiger partial charge in [0.05, 0.1) is 16.6 Å². The van der Waals surface area contributed by atoms with Crippen LogP contribution in [-0.4, -0.2) is 46.0 Å². The van der Waals surface area contributed by atoms with Gasteiger partial charge in [-0.3, -0.25) is 19.0 Å². The molecule has 8 heteroatoms. The van der Waals surface area contributed by atoms with Crippen LogP contribution in [0.15, 0.2) is 59.4 Å². The summed E-state index contributed by atoms with van der Waals surface area (Å²) in [6.45, 7) is 8.76. The average molecular weight is 461 g/mol. The van der Waals surface area contributed by atoms with Gasteiger partial charge in [0, 0.05) is 24.6 Å². The number of primary amides is 1. The van der Waals surface area contributed by atoms with E-state index >= 15 is 0 Å². The topological polar surface area (TPSA) is 108 Å². The maximum atomic E-state index is 13.4. The van der Waals surface area contributed by atoms with E-state index in [1.807, 2.05) is 6.92 Å². The number of benzene rings is 2. The molecule has 2 amide bonds. The third kappa shape index (κ3) is 4.71. The Morgan fingerprint density at radius 3 is 2.59 bits per heavy atom. The number of carbonyl (C=O) groups is 2. The lowest BCUT2D eigenvalue weighted by Gasteiger charge is -2.30. The Morgan fingerprint density at radius 2 is 1.91 bits per heavy atom. The number of nitrogens with two attached hydrogens (primary N) is 1. The highest BCUT2D eigenvalue weighted by Gasteiger charge is 2.26. The molecule has 2 aromatic carbocycles. The van der Waals surface area contributed by atoms with Crippen LogP contribution in [0.25, 0.3) is 16.6 Å². The number of carbonyl (C=O) groups excluding carboxylic acids is 2. The van der Waals surface area contributed by atoms with Crippen LogP contribution in [0.4, 0.5) is 0 Å². The zero-order valence-electron chi connectivity index (χ0n) is 19.4. The molecule has 1 fully saturated rings. The van der Waals surface area contributed by atoms with Crippen LogP contribution < -0.4 is 16.0 Å². The number of aryl methyl sites for hydroxylation is 1. The first kappa shape index (κ1) is 23.2. The number of amides is 2. The number of fused-ring (bicyclic) bond motifs is 1. The minimum absolute atomic E-state index is 0.139. The number of ether oxygens (including phenoxy) is 1. The summed E-state index contributed by atoms with van der Waals surface area (Å²) in [6, 6.07) is 12.2. The summed E-state index contributed by atoms with van der Waals surface area (Å²) in [5.41, 5.74) is 7.64. The lowest BCUT2D eigenvalue weighted by atomic mass is 9.96. The fraction of sp³-hybridized carbons (Fsp3) is 0.308. The molecule has 2 N–H and O–H groups in total. The minimum Gasteiger partial charge on any atom is -0.489 e. The van der Waals surface area contributed by atoms with Crippen molar-refractivity contribution in [1.82, 2.24) is 14.5 Å². The maximum Gasteiger partial charge on any atom is 0.266 e. The van der Waals surface area contributed by atoms with Crippen molar-refractivity contribution >= 4 is 22.7 Å². The van der Waals surface area contributed by atoms with Crippen LogP contribution in [0.5, 0.6) is 5.75 Å². The zero-order chi connectivity index (χ0) is 24.4. The Balaban J connectivity index is 1.66. The highest BCUT2D eigenvalue weighted by atomic mass is 16.5. The van der Waals surface area contributed by atoms with Crippen molar-refractivity contribution in [1.29, 1.82) is 0 Å². The van der Waals surface area contributed by atoms with Gasteiger partial charge in [0.25, 0.3) is 11.5 Å². The number of aromatic nitrogens is 2. The van der Waals surface area contributed by atoms with E-state index in [1.165, 1.54) is 4.57 Å². The van der Waals surface area contributed by atoms with Crippen LogP contribution in [0.2, 0.25) is 0 Å². The van der Waals surface area contributed by atoms with E-state index in [9.17, 15) is 14.4 Å². The summed E-state index contributed by atoms with van der Waals surface area (Å²) in [5, 5.41) is 0.426. The molecule has 1 saturated heterocycles. The fourth-order valence-electron chi connectivity index (χ4n) is 4.20. The van der Waals surface area contributed by atoms with Gasteiger partial charge in [-0.2, -0.15) is 0 Å². The van der Waals surface area contributed by atoms with Gasteiger partial charge in [-0.05, 0) is 68.7 Å². The van der Waals surface area contributed by atoms with Crippen LogP contribution in [0.3, 0.4) is 0 Å². The third-order valence-corrected chi connectivity index (χ3v) is 6.03. The molecule has 4 rings (SSSR count). The number of piperidine rings is 1. The Morgan fingerprint density at radius 1 is 1.18 bits per heavy atom. The fourth-order valence-corrected chi connectivity index (χ4v) is 4.20. The predicted octanol–water partition coefficient (Wildman–Crippen LogP) is 2.99. The number of likely N-dealkylation sites (tertiary alicyclic amines) is 1. The largest absolute Gasteiger partial charge is 0.489 e. The second-order valence-corrected chi connectivity index (χ2v) is 8.74. The molecular weight excluding hydrogens is 432 g/mol. The molecule has 0 bridgehead atoms. The van der Waals surface area contributed by atoms with Crippen molar-refractivity contribution in [2.45, 2.75) is 26.7 Å². The first-order valence-electron chi connectivity index (χ1n) is 11.2. The summed E-state index contributed by atoms with van der Waals surface area (Å²) < 4.78 is 7.19. The number of rotatable bonds is 6. The normalized spacial score (nSPS) is 14.2. The van der Waals surface area contributed by atoms with Crippen LogP contribution >= 0.6 is 0 Å². The molecule has 0 radical (unpaired) electrons. The number of nitrogens with zero attached hydrogens (tertiary/aromatic N) is 3. The quantitative estimate of drug-likeness (QED) is 0.569. The van der Waals surface area contributed by atoms with Gasteiger partial charge >= 0.3 is 0 Å². The summed E-state index contributed by atoms with van der Waals surface area (Å²) in [7, 11) is 0. The monoisotopic (exact) mass is 460 g/mol. The molecule has 176 valence electrons. The SMILES string of the molecule is C=C(C)COc1ccc2nc(C)n(-c3cccc(C(=O)N4CCC(C(N)=O)CC4)c3)c(=O)c2c1. The Kier molecular flexibility index (Phi) is 6.49. The molecule has 1 aromatic heterocycles. The molecule has 8 nitrogen and oxygen atoms in total. The minimum atomic E-state index is -0.319. The third-order valence-electron chi connectivity index (χ3n) is 6.03. The van der Waals surface area contributed by atoms with Crippen molar-refractivity contribution in [3.05, 3.63) is 76.4 Å². The van der Waals surface area contributed by atoms with Gasteiger partial charge in [-0.15, -0.1) is 0 Å². The van der Waals surface area contributed by atoms with E-state index in [0.29, 0.717) is 66.3 Å². The van der Waals surface area contributed by atoms with Crippen LogP contribution in [0, 0.1) is 12.8 Å². The molecule has 2 heterocycles. The lowest BCUT2D eigenvalue weighted by Crippen LogP contribution is -2.41. The van der Waals surface area contributed by atoms with E-state index in [-0.39, 0.29) is 23.3 Å². The van der Waals surface area contributed by atoms with Crippen LogP contribution in [-0.2, 0) is 4.79 Å². The lowest BCUT2D eigenvalue weighted by molar-refractivity contribution is -0.123. The van der Waals surface area contributed by atoms with E-state index < -0.39 is 0 Å². The summed E-state index contributed by atoms with van der Waals surface area (Å²) in [4.78, 5) is 44.3. The Labute approximate surface area is 197 Å². The molecule has 3 aromatic rings. The molecule has 0 spiro atoms. The van der Waals surface area contributed by atoms with Gasteiger partial charge in [0.15, 0.2) is 0 Å². The standard InChI is InChI=1S/C26H28N4O4/c1-16(2)15-34-21-7-8-23-22(14-21)26(33)30(17(3)28-23)20-6-4-5-19(13-20)25(32)29-11-9-18(10-12-29)24(27)31/h4-8,13-14,18H,1,9-12,15H2,2-3H3,(H2,27,31). The van der Waals surface area contributed by atoms with E-state index in [4.69, 9.17) is 10.5 Å². The van der Waals surface area contributed by atoms with Gasteiger partial charge < -0.3 is 15.4 Å². The second kappa shape index (κ2) is 9.51. The molecule has 1 aliphatic heterocycles. The molecule has 0 aliphatic carbocycles. The average Bonchev–Trinajstić information content (AvgIpc) is 2.82. The van der Waals surface area contributed by atoms with Gasteiger partial charge in [0.2, 0.25) is 5.91 Å². The van der Waals surface area contributed by atoms with Gasteiger partial charge in [-0.1, -0.05) is 12.6 Å². The summed E-state index contributed by atoms with van der Waals surface area (Å²) in [5.74, 6) is 0.429. The Bertz CT molecular complexity index is 1340. The molecule has 34 heavy (non-hydrogen) atoms. The van der Waals surface area contributed by atoms with E-state index in [0.717, 1.165) is 5.57 Å². The predicted molar refractivity (Wildman–Crippen MR) is 130 cm³/mol. The molecule has 1 aliphatic rings. The van der Waals surface area contributed by atoms with Crippen molar-refractivity contribution in [2.75, 3.05) is 19.7 Å². The maximum absolute atomic E-state index is 13.4. The summed E-state index contributed by atoms with van der Waals surface area (Å²) >= 11 is 0. The van der Waals surface area contributed by atoms with Crippen molar-refractivity contribution in [3.63, 3.8) is 0 Å². The van der Waals surface area contributed by atoms with Gasteiger partial charge in [0.1, 0.15) is 18.2 Å². The first-order chi connectivity index (χ1) is 16.2. The molecular formula is C26H28N4O4. The summed E-state index contributed by atoms with van der Waals surface area (Å²) in [6.07, 6.45) is 1.12. The highest BCUT2D eigenvalue weighted by molar-refractivity contribution is 5.95. The first-order valence-corrected chi connectivity index (χ1v) is 11.2. The zero-order valence-corrected chi connectivity index (χ0v) is 19.4. The second-order valence-electron chi connectivity index (χ2n) is 8.74. The van der Waals surface area contributed by atoms with Crippen molar-refractivity contribution < 1.29 is 14.3 Å². The highest BCUT2D eigenvalue weighted by Crippen LogP contribution is 2.22. The smallest absolute Gasteiger partial charge is 0.266 e. The number of hydrogen-bond acceptors (Lipinski definition) is 5. The van der Waals surface area contributed by atoms with Crippen molar-refractivity contribution in [2.24, 2.45) is 11.7 Å². The molecule has 0 saturated carbocycles. The molecule has 0 unspecified atom stereocenters.